The Morgan fingerprint density at radius 3 is 2.15 bits per heavy atom. The molecule has 53 heavy (non-hydrogen) atoms. The van der Waals surface area contributed by atoms with Crippen LogP contribution in [-0.4, -0.2) is 102 Å². The third-order valence-electron chi connectivity index (χ3n) is 9.33. The molecule has 0 N–H and O–H groups in total. The molecule has 0 radical (unpaired) electrons. The van der Waals surface area contributed by atoms with Gasteiger partial charge in [-0.2, -0.15) is 13.2 Å². The highest BCUT2D eigenvalue weighted by atomic mass is 32.1. The molecule has 0 spiro atoms. The molecule has 1 aromatic heterocycles. The summed E-state index contributed by atoms with van der Waals surface area (Å²) in [5.74, 6) is -0.615. The quantitative estimate of drug-likeness (QED) is 0.146. The molecule has 1 aliphatic rings. The van der Waals surface area contributed by atoms with Crippen molar-refractivity contribution >= 4 is 40.8 Å². The van der Waals surface area contributed by atoms with E-state index in [9.17, 15) is 27.6 Å². The predicted molar refractivity (Wildman–Crippen MR) is 202 cm³/mol. The maximum Gasteiger partial charge on any atom is 0.416 e. The van der Waals surface area contributed by atoms with Gasteiger partial charge in [0.25, 0.3) is 0 Å². The van der Waals surface area contributed by atoms with Gasteiger partial charge in [-0.1, -0.05) is 54.6 Å². The normalized spacial score (nSPS) is 14.1. The minimum Gasteiger partial charge on any atom is -0.368 e. The fraction of sp³-hybridized carbons (Fsp3) is 0.350. The second-order valence-corrected chi connectivity index (χ2v) is 14.2. The van der Waals surface area contributed by atoms with Crippen LogP contribution in [0.25, 0.3) is 6.08 Å². The Bertz CT molecular complexity index is 1810. The Kier molecular flexibility index (Phi) is 13.4. The topological polar surface area (TPSA) is 80.3 Å². The lowest BCUT2D eigenvalue weighted by Gasteiger charge is -2.36. The van der Waals surface area contributed by atoms with E-state index in [0.29, 0.717) is 51.4 Å². The maximum absolute atomic E-state index is 14.4. The number of halogens is 3. The standard InChI is InChI=1S/C40H45F3N6O3S/c1-30(50)47-22-24-48(25-23-47)35-16-11-33(12-17-35)28-49(38(51)18-13-31-9-14-34(15-10-31)40(41,42)43)36(27-32-7-5-4-6-8-32)39(52)46(3)21-20-45(2)29-37-44-19-26-53-37/h4-19,26,36H,20-25,27-29H2,1-3H3. The smallest absolute Gasteiger partial charge is 0.368 e. The summed E-state index contributed by atoms with van der Waals surface area (Å²) >= 11 is 1.57. The molecular weight excluding hydrogens is 702 g/mol. The molecule has 0 bridgehead atoms. The molecule has 2 heterocycles. The van der Waals surface area contributed by atoms with Crippen LogP contribution in [0, 0.1) is 0 Å². The monoisotopic (exact) mass is 746 g/mol. The van der Waals surface area contributed by atoms with Gasteiger partial charge in [0.05, 0.1) is 12.1 Å². The van der Waals surface area contributed by atoms with E-state index in [0.717, 1.165) is 34.0 Å². The number of aromatic nitrogens is 1. The van der Waals surface area contributed by atoms with Crippen molar-refractivity contribution in [2.45, 2.75) is 38.7 Å². The number of carbonyl (C=O) groups excluding carboxylic acids is 3. The van der Waals surface area contributed by atoms with Crippen LogP contribution in [0.15, 0.2) is 96.5 Å². The number of nitrogens with zero attached hydrogens (tertiary/aromatic N) is 6. The molecule has 280 valence electrons. The van der Waals surface area contributed by atoms with Crippen LogP contribution in [0.3, 0.4) is 0 Å². The van der Waals surface area contributed by atoms with Gasteiger partial charge >= 0.3 is 6.18 Å². The maximum atomic E-state index is 14.4. The van der Waals surface area contributed by atoms with Gasteiger partial charge in [0.15, 0.2) is 0 Å². The minimum absolute atomic E-state index is 0.0603. The van der Waals surface area contributed by atoms with E-state index in [1.807, 2.05) is 71.9 Å². The Morgan fingerprint density at radius 1 is 0.868 bits per heavy atom. The van der Waals surface area contributed by atoms with Gasteiger partial charge in [-0.15, -0.1) is 11.3 Å². The minimum atomic E-state index is -4.47. The van der Waals surface area contributed by atoms with Gasteiger partial charge in [-0.3, -0.25) is 19.3 Å². The Hall–Kier alpha value is -5.01. The van der Waals surface area contributed by atoms with Crippen LogP contribution in [-0.2, 0) is 40.1 Å². The first kappa shape index (κ1) is 39.2. The summed E-state index contributed by atoms with van der Waals surface area (Å²) < 4.78 is 39.5. The van der Waals surface area contributed by atoms with E-state index in [1.165, 1.54) is 24.3 Å². The van der Waals surface area contributed by atoms with Crippen LogP contribution in [0.1, 0.15) is 34.2 Å². The molecule has 9 nitrogen and oxygen atoms in total. The number of likely N-dealkylation sites (N-methyl/N-ethyl adjacent to an activating group) is 2. The SMILES string of the molecule is CC(=O)N1CCN(c2ccc(CN(C(=O)C=Cc3ccc(C(F)(F)F)cc3)C(Cc3ccccc3)C(=O)N(C)CCN(C)Cc3nccs3)cc2)CC1. The van der Waals surface area contributed by atoms with Crippen LogP contribution < -0.4 is 4.90 Å². The number of alkyl halides is 3. The number of thiazole rings is 1. The van der Waals surface area contributed by atoms with Gasteiger partial charge in [0.2, 0.25) is 17.7 Å². The van der Waals surface area contributed by atoms with E-state index in [4.69, 9.17) is 0 Å². The fourth-order valence-corrected chi connectivity index (χ4v) is 6.87. The van der Waals surface area contributed by atoms with Crippen molar-refractivity contribution < 1.29 is 27.6 Å². The van der Waals surface area contributed by atoms with Crippen LogP contribution >= 0.6 is 11.3 Å². The number of anilines is 1. The number of amides is 3. The van der Waals surface area contributed by atoms with E-state index in [1.54, 1.807) is 41.3 Å². The molecule has 13 heteroatoms. The molecular formula is C40H45F3N6O3S. The van der Waals surface area contributed by atoms with E-state index in [2.05, 4.69) is 14.8 Å². The summed E-state index contributed by atoms with van der Waals surface area (Å²) in [4.78, 5) is 54.1. The van der Waals surface area contributed by atoms with Crippen molar-refractivity contribution in [1.82, 2.24) is 24.6 Å². The van der Waals surface area contributed by atoms with Crippen molar-refractivity contribution in [3.8, 4) is 0 Å². The van der Waals surface area contributed by atoms with Crippen molar-refractivity contribution in [1.29, 1.82) is 0 Å². The van der Waals surface area contributed by atoms with Crippen molar-refractivity contribution in [2.24, 2.45) is 0 Å². The first-order valence-corrected chi connectivity index (χ1v) is 18.4. The molecule has 1 fully saturated rings. The highest BCUT2D eigenvalue weighted by Crippen LogP contribution is 2.29. The highest BCUT2D eigenvalue weighted by molar-refractivity contribution is 7.09. The van der Waals surface area contributed by atoms with Gasteiger partial charge in [0.1, 0.15) is 11.0 Å². The van der Waals surface area contributed by atoms with Gasteiger partial charge < -0.3 is 19.6 Å². The Balaban J connectivity index is 1.40. The zero-order valence-corrected chi connectivity index (χ0v) is 31.0. The van der Waals surface area contributed by atoms with Crippen molar-refractivity contribution in [3.63, 3.8) is 0 Å². The summed E-state index contributed by atoms with van der Waals surface area (Å²) in [7, 11) is 3.70. The van der Waals surface area contributed by atoms with E-state index < -0.39 is 23.7 Å². The summed E-state index contributed by atoms with van der Waals surface area (Å²) in [5, 5.41) is 2.90. The second-order valence-electron chi connectivity index (χ2n) is 13.2. The second kappa shape index (κ2) is 18.2. The molecule has 1 unspecified atom stereocenters. The van der Waals surface area contributed by atoms with Crippen LogP contribution in [0.2, 0.25) is 0 Å². The molecule has 4 aromatic rings. The van der Waals surface area contributed by atoms with Crippen molar-refractivity contribution in [2.75, 3.05) is 58.3 Å². The first-order valence-electron chi connectivity index (χ1n) is 17.5. The molecule has 3 aromatic carbocycles. The number of rotatable bonds is 14. The molecule has 0 saturated carbocycles. The lowest BCUT2D eigenvalue weighted by atomic mass is 10.0. The zero-order chi connectivity index (χ0) is 38.0. The number of hydrogen-bond acceptors (Lipinski definition) is 7. The molecule has 3 amide bonds. The summed E-state index contributed by atoms with van der Waals surface area (Å²) in [6.45, 7) is 6.04. The third-order valence-corrected chi connectivity index (χ3v) is 10.1. The van der Waals surface area contributed by atoms with Crippen LogP contribution in [0.5, 0.6) is 0 Å². The summed E-state index contributed by atoms with van der Waals surface area (Å²) in [6, 6.07) is 21.1. The summed E-state index contributed by atoms with van der Waals surface area (Å²) in [5.41, 5.74) is 2.33. The molecule has 5 rings (SSSR count). The molecule has 1 atom stereocenters. The average molecular weight is 747 g/mol. The largest absolute Gasteiger partial charge is 0.416 e. The number of piperazine rings is 1. The van der Waals surface area contributed by atoms with E-state index in [-0.39, 0.29) is 24.8 Å². The summed E-state index contributed by atoms with van der Waals surface area (Å²) in [6.07, 6.45) is 0.343. The molecule has 1 saturated heterocycles. The predicted octanol–water partition coefficient (Wildman–Crippen LogP) is 6.07. The number of carbonyl (C=O) groups is 3. The zero-order valence-electron chi connectivity index (χ0n) is 30.2. The Labute approximate surface area is 312 Å². The van der Waals surface area contributed by atoms with E-state index >= 15 is 0 Å². The van der Waals surface area contributed by atoms with Crippen LogP contribution in [0.4, 0.5) is 18.9 Å². The number of hydrogen-bond donors (Lipinski definition) is 0. The lowest BCUT2D eigenvalue weighted by molar-refractivity contribution is -0.143. The number of benzene rings is 3. The third kappa shape index (κ3) is 11.2. The highest BCUT2D eigenvalue weighted by Gasteiger charge is 2.32. The van der Waals surface area contributed by atoms with Crippen molar-refractivity contribution in [3.05, 3.63) is 124 Å². The average Bonchev–Trinajstić information content (AvgIpc) is 3.67. The first-order chi connectivity index (χ1) is 25.4. The Morgan fingerprint density at radius 2 is 1.55 bits per heavy atom. The van der Waals surface area contributed by atoms with Gasteiger partial charge in [-0.05, 0) is 54.1 Å². The molecule has 1 aliphatic heterocycles. The van der Waals surface area contributed by atoms with Gasteiger partial charge in [-0.25, -0.2) is 4.98 Å². The van der Waals surface area contributed by atoms with Gasteiger partial charge in [0, 0.05) is 89.5 Å². The fourth-order valence-electron chi connectivity index (χ4n) is 6.17. The molecule has 0 aliphatic carbocycles. The lowest BCUT2D eigenvalue weighted by Crippen LogP contribution is -2.51.